The summed E-state index contributed by atoms with van der Waals surface area (Å²) < 4.78 is 1.62. The Bertz CT molecular complexity index is 587. The van der Waals surface area contributed by atoms with E-state index in [1.54, 1.807) is 17.1 Å². The normalized spacial score (nSPS) is 10.9. The Morgan fingerprint density at radius 3 is 2.56 bits per heavy atom. The van der Waals surface area contributed by atoms with E-state index in [-0.39, 0.29) is 11.5 Å². The zero-order valence-corrected chi connectivity index (χ0v) is 11.2. The van der Waals surface area contributed by atoms with Gasteiger partial charge in [0.25, 0.3) is 5.56 Å². The monoisotopic (exact) mass is 262 g/mol. The fourth-order valence-electron chi connectivity index (χ4n) is 1.76. The first kappa shape index (κ1) is 12.8. The first-order valence-corrected chi connectivity index (χ1v) is 6.24. The average Bonchev–Trinajstić information content (AvgIpc) is 2.34. The van der Waals surface area contributed by atoms with Crippen molar-refractivity contribution in [2.75, 3.05) is 0 Å². The van der Waals surface area contributed by atoms with Crippen LogP contribution >= 0.6 is 11.6 Å². The zero-order chi connectivity index (χ0) is 13.1. The Balaban J connectivity index is 2.32. The van der Waals surface area contributed by atoms with Gasteiger partial charge in [-0.15, -0.1) is 0 Å². The van der Waals surface area contributed by atoms with Crippen LogP contribution < -0.4 is 5.56 Å². The molecule has 2 aromatic rings. The quantitative estimate of drug-likeness (QED) is 0.852. The molecule has 3 nitrogen and oxygen atoms in total. The van der Waals surface area contributed by atoms with Crippen molar-refractivity contribution in [3.8, 4) is 0 Å². The van der Waals surface area contributed by atoms with E-state index in [1.807, 2.05) is 38.1 Å². The van der Waals surface area contributed by atoms with Crippen molar-refractivity contribution in [2.45, 2.75) is 26.3 Å². The van der Waals surface area contributed by atoms with Crippen molar-refractivity contribution in [1.82, 2.24) is 9.55 Å². The highest BCUT2D eigenvalue weighted by atomic mass is 35.5. The van der Waals surface area contributed by atoms with Crippen molar-refractivity contribution in [3.05, 3.63) is 63.3 Å². The number of hydrogen-bond acceptors (Lipinski definition) is 2. The van der Waals surface area contributed by atoms with Gasteiger partial charge in [-0.2, -0.15) is 0 Å². The molecule has 0 aliphatic rings. The molecule has 0 radical (unpaired) electrons. The van der Waals surface area contributed by atoms with E-state index in [0.717, 1.165) is 11.1 Å². The molecule has 0 saturated heterocycles. The van der Waals surface area contributed by atoms with Gasteiger partial charge in [0.1, 0.15) is 0 Å². The summed E-state index contributed by atoms with van der Waals surface area (Å²) in [6.07, 6.45) is 3.22. The summed E-state index contributed by atoms with van der Waals surface area (Å²) >= 11 is 5.83. The van der Waals surface area contributed by atoms with E-state index in [0.29, 0.717) is 11.6 Å². The summed E-state index contributed by atoms with van der Waals surface area (Å²) in [4.78, 5) is 16.3. The van der Waals surface area contributed by atoms with Crippen LogP contribution in [0, 0.1) is 0 Å². The van der Waals surface area contributed by atoms with Gasteiger partial charge >= 0.3 is 0 Å². The zero-order valence-electron chi connectivity index (χ0n) is 10.4. The number of rotatable bonds is 3. The molecule has 0 fully saturated rings. The van der Waals surface area contributed by atoms with Gasteiger partial charge in [-0.25, -0.2) is 4.98 Å². The Morgan fingerprint density at radius 2 is 1.94 bits per heavy atom. The molecular weight excluding hydrogens is 248 g/mol. The van der Waals surface area contributed by atoms with Crippen LogP contribution in [0.5, 0.6) is 0 Å². The summed E-state index contributed by atoms with van der Waals surface area (Å²) in [6, 6.07) is 7.47. The van der Waals surface area contributed by atoms with E-state index in [9.17, 15) is 4.79 Å². The van der Waals surface area contributed by atoms with Crippen LogP contribution in [-0.2, 0) is 6.54 Å². The topological polar surface area (TPSA) is 34.9 Å². The second-order valence-electron chi connectivity index (χ2n) is 4.56. The molecule has 0 saturated carbocycles. The number of halogens is 1. The molecule has 0 aliphatic carbocycles. The second-order valence-corrected chi connectivity index (χ2v) is 5.00. The van der Waals surface area contributed by atoms with Gasteiger partial charge in [0.15, 0.2) is 0 Å². The molecule has 0 bridgehead atoms. The van der Waals surface area contributed by atoms with Gasteiger partial charge < -0.3 is 0 Å². The number of benzene rings is 1. The van der Waals surface area contributed by atoms with Gasteiger partial charge in [-0.1, -0.05) is 37.6 Å². The van der Waals surface area contributed by atoms with Gasteiger partial charge in [0.05, 0.1) is 12.9 Å². The Morgan fingerprint density at radius 1 is 1.28 bits per heavy atom. The van der Waals surface area contributed by atoms with Gasteiger partial charge in [0.2, 0.25) is 0 Å². The number of nitrogens with zero attached hydrogens (tertiary/aromatic N) is 2. The van der Waals surface area contributed by atoms with Crippen molar-refractivity contribution in [3.63, 3.8) is 0 Å². The average molecular weight is 263 g/mol. The van der Waals surface area contributed by atoms with Crippen LogP contribution in [0.3, 0.4) is 0 Å². The first-order valence-electron chi connectivity index (χ1n) is 5.86. The summed E-state index contributed by atoms with van der Waals surface area (Å²) in [5, 5.41) is 0.695. The maximum absolute atomic E-state index is 12.2. The van der Waals surface area contributed by atoms with Crippen molar-refractivity contribution >= 4 is 11.6 Å². The third kappa shape index (κ3) is 2.79. The van der Waals surface area contributed by atoms with Crippen LogP contribution in [-0.4, -0.2) is 9.55 Å². The minimum atomic E-state index is 0.0231. The lowest BCUT2D eigenvalue weighted by Crippen LogP contribution is -2.25. The molecule has 0 aliphatic heterocycles. The predicted octanol–water partition coefficient (Wildman–Crippen LogP) is 3.07. The number of hydrogen-bond donors (Lipinski definition) is 0. The standard InChI is InChI=1S/C14H15ClN2O/c1-10(2)13-7-16-9-17(14(13)18)8-11-3-5-12(15)6-4-11/h3-7,9-10H,8H2,1-2H3. The van der Waals surface area contributed by atoms with Crippen molar-refractivity contribution in [2.24, 2.45) is 0 Å². The van der Waals surface area contributed by atoms with E-state index < -0.39 is 0 Å². The molecule has 94 valence electrons. The summed E-state index contributed by atoms with van der Waals surface area (Å²) in [5.41, 5.74) is 1.80. The Kier molecular flexibility index (Phi) is 3.82. The summed E-state index contributed by atoms with van der Waals surface area (Å²) in [6.45, 7) is 4.50. The largest absolute Gasteiger partial charge is 0.295 e. The lowest BCUT2D eigenvalue weighted by atomic mass is 10.1. The van der Waals surface area contributed by atoms with Crippen molar-refractivity contribution < 1.29 is 0 Å². The van der Waals surface area contributed by atoms with Crippen LogP contribution in [0.2, 0.25) is 5.02 Å². The summed E-state index contributed by atoms with van der Waals surface area (Å²) in [5.74, 6) is 0.183. The third-order valence-electron chi connectivity index (χ3n) is 2.82. The predicted molar refractivity (Wildman–Crippen MR) is 73.1 cm³/mol. The molecule has 1 aromatic heterocycles. The highest BCUT2D eigenvalue weighted by Crippen LogP contribution is 2.11. The van der Waals surface area contributed by atoms with Crippen LogP contribution in [0.15, 0.2) is 41.6 Å². The summed E-state index contributed by atoms with van der Waals surface area (Å²) in [7, 11) is 0. The molecular formula is C14H15ClN2O. The highest BCUT2D eigenvalue weighted by molar-refractivity contribution is 6.30. The van der Waals surface area contributed by atoms with E-state index in [1.165, 1.54) is 0 Å². The Hall–Kier alpha value is -1.61. The van der Waals surface area contributed by atoms with Crippen LogP contribution in [0.25, 0.3) is 0 Å². The maximum atomic E-state index is 12.2. The smallest absolute Gasteiger partial charge is 0.257 e. The SMILES string of the molecule is CC(C)c1cncn(Cc2ccc(Cl)cc2)c1=O. The van der Waals surface area contributed by atoms with Gasteiger partial charge in [-0.05, 0) is 23.6 Å². The molecule has 4 heteroatoms. The molecule has 0 N–H and O–H groups in total. The molecule has 0 unspecified atom stereocenters. The molecule has 18 heavy (non-hydrogen) atoms. The van der Waals surface area contributed by atoms with E-state index in [4.69, 9.17) is 11.6 Å². The van der Waals surface area contributed by atoms with E-state index >= 15 is 0 Å². The molecule has 0 amide bonds. The minimum absolute atomic E-state index is 0.0231. The number of aromatic nitrogens is 2. The molecule has 1 aromatic carbocycles. The van der Waals surface area contributed by atoms with Crippen LogP contribution in [0.4, 0.5) is 0 Å². The third-order valence-corrected chi connectivity index (χ3v) is 3.07. The first-order chi connectivity index (χ1) is 8.58. The lowest BCUT2D eigenvalue weighted by Gasteiger charge is -2.09. The van der Waals surface area contributed by atoms with Crippen molar-refractivity contribution in [1.29, 1.82) is 0 Å². The van der Waals surface area contributed by atoms with Gasteiger partial charge in [-0.3, -0.25) is 9.36 Å². The molecule has 1 heterocycles. The fourth-order valence-corrected chi connectivity index (χ4v) is 1.89. The highest BCUT2D eigenvalue weighted by Gasteiger charge is 2.07. The van der Waals surface area contributed by atoms with Crippen LogP contribution in [0.1, 0.15) is 30.9 Å². The lowest BCUT2D eigenvalue weighted by molar-refractivity contribution is 0.700. The fraction of sp³-hybridized carbons (Fsp3) is 0.286. The molecule has 0 spiro atoms. The Labute approximate surface area is 111 Å². The molecule has 2 rings (SSSR count). The maximum Gasteiger partial charge on any atom is 0.257 e. The second kappa shape index (κ2) is 5.36. The molecule has 0 atom stereocenters. The minimum Gasteiger partial charge on any atom is -0.295 e. The van der Waals surface area contributed by atoms with Gasteiger partial charge in [0, 0.05) is 16.8 Å². The van der Waals surface area contributed by atoms with E-state index in [2.05, 4.69) is 4.98 Å².